The molecule has 0 radical (unpaired) electrons. The fraction of sp³-hybridized carbons (Fsp3) is 0.273. The molecule has 0 fully saturated rings. The lowest BCUT2D eigenvalue weighted by Gasteiger charge is -2.22. The molecular formula is C22H21FN4O3S2. The summed E-state index contributed by atoms with van der Waals surface area (Å²) in [4.78, 5) is 19.0. The summed E-state index contributed by atoms with van der Waals surface area (Å²) in [5.41, 5.74) is 0.930. The lowest BCUT2D eigenvalue weighted by molar-refractivity contribution is -0.128. The van der Waals surface area contributed by atoms with Gasteiger partial charge in [0.05, 0.1) is 22.0 Å². The average Bonchev–Trinajstić information content (AvgIpc) is 3.45. The minimum absolute atomic E-state index is 0.0860. The summed E-state index contributed by atoms with van der Waals surface area (Å²) in [5, 5.41) is 9.04. The van der Waals surface area contributed by atoms with Crippen LogP contribution >= 0.6 is 23.1 Å². The molecule has 0 saturated carbocycles. The molecule has 7 nitrogen and oxygen atoms in total. The Hall–Kier alpha value is -2.98. The Balaban J connectivity index is 1.33. The topological polar surface area (TPSA) is 81.4 Å². The highest BCUT2D eigenvalue weighted by Crippen LogP contribution is 2.30. The van der Waals surface area contributed by atoms with E-state index in [-0.39, 0.29) is 34.6 Å². The quantitative estimate of drug-likeness (QED) is 0.323. The Morgan fingerprint density at radius 1 is 1.19 bits per heavy atom. The summed E-state index contributed by atoms with van der Waals surface area (Å²) >= 11 is 2.72. The molecule has 0 N–H and O–H groups in total. The van der Waals surface area contributed by atoms with Gasteiger partial charge in [-0.1, -0.05) is 36.0 Å². The number of hydrogen-bond donors (Lipinski definition) is 0. The molecule has 0 saturated heterocycles. The van der Waals surface area contributed by atoms with E-state index in [1.807, 2.05) is 31.2 Å². The van der Waals surface area contributed by atoms with E-state index in [1.54, 1.807) is 42.3 Å². The predicted octanol–water partition coefficient (Wildman–Crippen LogP) is 5.27. The number of thioether (sulfide) groups is 1. The number of rotatable bonds is 8. The van der Waals surface area contributed by atoms with Gasteiger partial charge in [-0.25, -0.2) is 9.37 Å². The van der Waals surface area contributed by atoms with Crippen molar-refractivity contribution in [3.8, 4) is 5.75 Å². The fourth-order valence-corrected chi connectivity index (χ4v) is 4.66. The first kappa shape index (κ1) is 22.2. The van der Waals surface area contributed by atoms with Gasteiger partial charge in [0.15, 0.2) is 17.7 Å². The highest BCUT2D eigenvalue weighted by Gasteiger charge is 2.22. The molecule has 0 aliphatic carbocycles. The predicted molar refractivity (Wildman–Crippen MR) is 121 cm³/mol. The number of thiazole rings is 1. The highest BCUT2D eigenvalue weighted by molar-refractivity contribution is 7.99. The zero-order valence-electron chi connectivity index (χ0n) is 17.7. The number of ether oxygens (including phenoxy) is 1. The molecule has 2 heterocycles. The second-order valence-electron chi connectivity index (χ2n) is 7.09. The number of para-hydroxylation sites is 2. The number of benzene rings is 2. The summed E-state index contributed by atoms with van der Waals surface area (Å²) in [6.45, 7) is 3.64. The van der Waals surface area contributed by atoms with Crippen molar-refractivity contribution in [1.29, 1.82) is 0 Å². The van der Waals surface area contributed by atoms with Gasteiger partial charge in [0.25, 0.3) is 11.1 Å². The largest absolute Gasteiger partial charge is 0.478 e. The van der Waals surface area contributed by atoms with Gasteiger partial charge in [-0.2, -0.15) is 0 Å². The first-order chi connectivity index (χ1) is 15.4. The SMILES string of the molecule is C[C@H](Oc1ccccc1F)c1nnc(SCC(=O)N(C)[C@@H](C)c2nc3ccccc3s2)o1. The molecular weight excluding hydrogens is 451 g/mol. The van der Waals surface area contributed by atoms with Crippen LogP contribution in [0.3, 0.4) is 0 Å². The molecule has 4 aromatic rings. The van der Waals surface area contributed by atoms with E-state index in [2.05, 4.69) is 15.2 Å². The standard InChI is InChI=1S/C22H21FN4O3S2/c1-13(21-24-16-9-5-7-11-18(16)32-21)27(3)19(28)12-31-22-26-25-20(30-22)14(2)29-17-10-6-4-8-15(17)23/h4-11,13-14H,12H2,1-3H3/t13-,14-/m0/s1. The van der Waals surface area contributed by atoms with E-state index in [9.17, 15) is 9.18 Å². The minimum Gasteiger partial charge on any atom is -0.478 e. The van der Waals surface area contributed by atoms with Crippen LogP contribution in [-0.4, -0.2) is 38.8 Å². The van der Waals surface area contributed by atoms with Crippen LogP contribution in [0.4, 0.5) is 4.39 Å². The van der Waals surface area contributed by atoms with Gasteiger partial charge in [-0.3, -0.25) is 4.79 Å². The molecule has 4 rings (SSSR count). The lowest BCUT2D eigenvalue weighted by Crippen LogP contribution is -2.31. The molecule has 2 atom stereocenters. The Bertz CT molecular complexity index is 1200. The number of carbonyl (C=O) groups is 1. The van der Waals surface area contributed by atoms with Gasteiger partial charge in [-0.15, -0.1) is 21.5 Å². The number of halogens is 1. The van der Waals surface area contributed by atoms with Crippen LogP contribution in [0.25, 0.3) is 10.2 Å². The Morgan fingerprint density at radius 2 is 1.94 bits per heavy atom. The molecule has 0 unspecified atom stereocenters. The molecule has 2 aromatic heterocycles. The van der Waals surface area contributed by atoms with Crippen molar-refractivity contribution in [3.63, 3.8) is 0 Å². The van der Waals surface area contributed by atoms with Crippen molar-refractivity contribution < 1.29 is 18.3 Å². The summed E-state index contributed by atoms with van der Waals surface area (Å²) in [7, 11) is 1.75. The summed E-state index contributed by atoms with van der Waals surface area (Å²) in [6, 6.07) is 13.8. The first-order valence-electron chi connectivity index (χ1n) is 9.91. The van der Waals surface area contributed by atoms with E-state index in [1.165, 1.54) is 12.1 Å². The van der Waals surface area contributed by atoms with Gasteiger partial charge < -0.3 is 14.1 Å². The second-order valence-corrected chi connectivity index (χ2v) is 9.07. The van der Waals surface area contributed by atoms with Gasteiger partial charge in [0, 0.05) is 7.05 Å². The number of hydrogen-bond acceptors (Lipinski definition) is 8. The Labute approximate surface area is 192 Å². The monoisotopic (exact) mass is 472 g/mol. The molecule has 0 bridgehead atoms. The van der Waals surface area contributed by atoms with Crippen LogP contribution < -0.4 is 4.74 Å². The lowest BCUT2D eigenvalue weighted by atomic mass is 10.3. The maximum atomic E-state index is 13.8. The number of aromatic nitrogens is 3. The minimum atomic E-state index is -0.633. The maximum absolute atomic E-state index is 13.8. The van der Waals surface area contributed by atoms with E-state index >= 15 is 0 Å². The molecule has 32 heavy (non-hydrogen) atoms. The molecule has 166 valence electrons. The fourth-order valence-electron chi connectivity index (χ4n) is 2.90. The van der Waals surface area contributed by atoms with E-state index in [4.69, 9.17) is 9.15 Å². The first-order valence-corrected chi connectivity index (χ1v) is 11.7. The zero-order valence-corrected chi connectivity index (χ0v) is 19.3. The smallest absolute Gasteiger partial charge is 0.277 e. The normalized spacial score (nSPS) is 13.1. The van der Waals surface area contributed by atoms with E-state index in [0.717, 1.165) is 27.0 Å². The van der Waals surface area contributed by atoms with Crippen molar-refractivity contribution in [3.05, 3.63) is 65.2 Å². The van der Waals surface area contributed by atoms with E-state index < -0.39 is 11.9 Å². The van der Waals surface area contributed by atoms with Gasteiger partial charge in [0.1, 0.15) is 5.01 Å². The number of nitrogens with zero attached hydrogens (tertiary/aromatic N) is 4. The second kappa shape index (κ2) is 9.66. The highest BCUT2D eigenvalue weighted by atomic mass is 32.2. The van der Waals surface area contributed by atoms with Crippen molar-refractivity contribution in [2.75, 3.05) is 12.8 Å². The molecule has 10 heteroatoms. The van der Waals surface area contributed by atoms with Gasteiger partial charge in [0.2, 0.25) is 5.91 Å². The van der Waals surface area contributed by atoms with Crippen LogP contribution in [0.2, 0.25) is 0 Å². The summed E-state index contributed by atoms with van der Waals surface area (Å²) in [5.74, 6) is -0.107. The maximum Gasteiger partial charge on any atom is 0.277 e. The molecule has 0 spiro atoms. The molecule has 2 aromatic carbocycles. The van der Waals surface area contributed by atoms with Crippen molar-refractivity contribution in [1.82, 2.24) is 20.1 Å². The van der Waals surface area contributed by atoms with Gasteiger partial charge in [-0.05, 0) is 38.1 Å². The number of fused-ring (bicyclic) bond motifs is 1. The molecule has 0 aliphatic heterocycles. The average molecular weight is 473 g/mol. The van der Waals surface area contributed by atoms with Crippen molar-refractivity contribution in [2.24, 2.45) is 0 Å². The van der Waals surface area contributed by atoms with Crippen LogP contribution in [-0.2, 0) is 4.79 Å². The molecule has 1 amide bonds. The van der Waals surface area contributed by atoms with Crippen molar-refractivity contribution in [2.45, 2.75) is 31.2 Å². The van der Waals surface area contributed by atoms with Crippen molar-refractivity contribution >= 4 is 39.2 Å². The third-order valence-corrected chi connectivity index (χ3v) is 6.88. The van der Waals surface area contributed by atoms with E-state index in [0.29, 0.717) is 0 Å². The zero-order chi connectivity index (χ0) is 22.7. The number of carbonyl (C=O) groups excluding carboxylic acids is 1. The Kier molecular flexibility index (Phi) is 6.71. The number of amides is 1. The van der Waals surface area contributed by atoms with Crippen LogP contribution in [0.15, 0.2) is 58.2 Å². The van der Waals surface area contributed by atoms with Gasteiger partial charge >= 0.3 is 0 Å². The van der Waals surface area contributed by atoms with Crippen LogP contribution in [0.5, 0.6) is 5.75 Å². The van der Waals surface area contributed by atoms with Crippen LogP contribution in [0, 0.1) is 5.82 Å². The molecule has 0 aliphatic rings. The summed E-state index contributed by atoms with van der Waals surface area (Å²) < 4.78 is 26.0. The third-order valence-electron chi connectivity index (χ3n) is 4.87. The van der Waals surface area contributed by atoms with Crippen LogP contribution in [0.1, 0.15) is 36.9 Å². The Morgan fingerprint density at radius 3 is 2.72 bits per heavy atom. The third kappa shape index (κ3) is 4.91. The summed E-state index contributed by atoms with van der Waals surface area (Å²) in [6.07, 6.45) is -0.633.